The molecule has 4 heteroatoms. The number of likely N-dealkylation sites (N-methyl/N-ethyl adjacent to an activating group) is 1. The summed E-state index contributed by atoms with van der Waals surface area (Å²) in [7, 11) is 3.79. The first-order chi connectivity index (χ1) is 9.79. The molecular weight excluding hydrogens is 252 g/mol. The summed E-state index contributed by atoms with van der Waals surface area (Å²) in [4.78, 5) is 2.20. The number of nitrogens with zero attached hydrogens (tertiary/aromatic N) is 1. The molecule has 1 rings (SSSR count). The zero-order valence-electron chi connectivity index (χ0n) is 13.0. The number of hydrogen-bond donors (Lipinski definition) is 1. The van der Waals surface area contributed by atoms with E-state index < -0.39 is 0 Å². The largest absolute Gasteiger partial charge is 0.495 e. The van der Waals surface area contributed by atoms with Gasteiger partial charge in [-0.05, 0) is 18.6 Å². The van der Waals surface area contributed by atoms with Crippen molar-refractivity contribution < 1.29 is 9.47 Å². The minimum Gasteiger partial charge on any atom is -0.495 e. The second kappa shape index (κ2) is 10.5. The third-order valence-corrected chi connectivity index (χ3v) is 3.19. The maximum atomic E-state index is 5.51. The van der Waals surface area contributed by atoms with Gasteiger partial charge in [-0.1, -0.05) is 25.5 Å². The molecule has 0 atom stereocenters. The van der Waals surface area contributed by atoms with Crippen LogP contribution in [-0.2, 0) is 4.74 Å². The molecule has 0 amide bonds. The van der Waals surface area contributed by atoms with Gasteiger partial charge in [-0.2, -0.15) is 0 Å². The first-order valence-corrected chi connectivity index (χ1v) is 7.42. The summed E-state index contributed by atoms with van der Waals surface area (Å²) >= 11 is 0. The molecule has 20 heavy (non-hydrogen) atoms. The van der Waals surface area contributed by atoms with Crippen molar-refractivity contribution in [1.29, 1.82) is 0 Å². The summed E-state index contributed by atoms with van der Waals surface area (Å²) in [5, 5.41) is 3.39. The van der Waals surface area contributed by atoms with Crippen molar-refractivity contribution >= 4 is 5.69 Å². The summed E-state index contributed by atoms with van der Waals surface area (Å²) in [6.07, 6.45) is 2.34. The van der Waals surface area contributed by atoms with Crippen molar-refractivity contribution in [3.63, 3.8) is 0 Å². The number of anilines is 1. The Morgan fingerprint density at radius 1 is 1.15 bits per heavy atom. The van der Waals surface area contributed by atoms with E-state index in [-0.39, 0.29) is 0 Å². The van der Waals surface area contributed by atoms with Gasteiger partial charge >= 0.3 is 0 Å². The van der Waals surface area contributed by atoms with Gasteiger partial charge in [0.05, 0.1) is 19.4 Å². The molecule has 0 aliphatic carbocycles. The minimum atomic E-state index is 0.790. The molecule has 1 aromatic carbocycles. The Balaban J connectivity index is 2.15. The van der Waals surface area contributed by atoms with Crippen LogP contribution in [0.25, 0.3) is 0 Å². The third kappa shape index (κ3) is 6.26. The van der Waals surface area contributed by atoms with Crippen LogP contribution in [0.2, 0.25) is 0 Å². The summed E-state index contributed by atoms with van der Waals surface area (Å²) in [6.45, 7) is 6.62. The van der Waals surface area contributed by atoms with E-state index in [0.29, 0.717) is 0 Å². The molecule has 0 saturated heterocycles. The van der Waals surface area contributed by atoms with Crippen molar-refractivity contribution in [2.45, 2.75) is 19.8 Å². The van der Waals surface area contributed by atoms with Crippen molar-refractivity contribution in [2.75, 3.05) is 51.9 Å². The van der Waals surface area contributed by atoms with E-state index in [9.17, 15) is 0 Å². The van der Waals surface area contributed by atoms with E-state index >= 15 is 0 Å². The minimum absolute atomic E-state index is 0.790. The van der Waals surface area contributed by atoms with Crippen LogP contribution in [-0.4, -0.2) is 47.0 Å². The van der Waals surface area contributed by atoms with Crippen LogP contribution in [0.5, 0.6) is 5.75 Å². The van der Waals surface area contributed by atoms with Crippen molar-refractivity contribution in [2.24, 2.45) is 0 Å². The van der Waals surface area contributed by atoms with Crippen LogP contribution in [0, 0.1) is 0 Å². The molecule has 0 bridgehead atoms. The Morgan fingerprint density at radius 2 is 1.95 bits per heavy atom. The van der Waals surface area contributed by atoms with Gasteiger partial charge in [0.1, 0.15) is 5.75 Å². The molecule has 0 radical (unpaired) electrons. The van der Waals surface area contributed by atoms with Gasteiger partial charge in [0.15, 0.2) is 0 Å². The number of hydrogen-bond acceptors (Lipinski definition) is 4. The SMILES string of the molecule is CCCCOCCNCCN(C)c1ccccc1OC. The lowest BCUT2D eigenvalue weighted by molar-refractivity contribution is 0.133. The number of methoxy groups -OCH3 is 1. The molecule has 114 valence electrons. The first kappa shape index (κ1) is 16.8. The molecule has 0 spiro atoms. The standard InChI is InChI=1S/C16H28N2O2/c1-4-5-13-20-14-11-17-10-12-18(2)15-8-6-7-9-16(15)19-3/h6-9,17H,4-5,10-14H2,1-3H3. The topological polar surface area (TPSA) is 33.7 Å². The summed E-state index contributed by atoms with van der Waals surface area (Å²) in [5.41, 5.74) is 1.12. The average molecular weight is 280 g/mol. The molecule has 0 aliphatic heterocycles. The fourth-order valence-corrected chi connectivity index (χ4v) is 1.93. The zero-order valence-corrected chi connectivity index (χ0v) is 13.0. The van der Waals surface area contributed by atoms with Crippen LogP contribution in [0.4, 0.5) is 5.69 Å². The lowest BCUT2D eigenvalue weighted by Gasteiger charge is -2.21. The number of unbranched alkanes of at least 4 members (excludes halogenated alkanes) is 1. The molecular formula is C16H28N2O2. The normalized spacial score (nSPS) is 10.6. The maximum Gasteiger partial charge on any atom is 0.142 e. The number of para-hydroxylation sites is 2. The van der Waals surface area contributed by atoms with Gasteiger partial charge in [-0.3, -0.25) is 0 Å². The second-order valence-electron chi connectivity index (χ2n) is 4.81. The fourth-order valence-electron chi connectivity index (χ4n) is 1.93. The monoisotopic (exact) mass is 280 g/mol. The molecule has 0 saturated carbocycles. The molecule has 0 aromatic heterocycles. The van der Waals surface area contributed by atoms with Gasteiger partial charge < -0.3 is 19.7 Å². The van der Waals surface area contributed by atoms with Crippen LogP contribution < -0.4 is 15.0 Å². The molecule has 1 aromatic rings. The van der Waals surface area contributed by atoms with Gasteiger partial charge in [0, 0.05) is 33.3 Å². The van der Waals surface area contributed by atoms with Gasteiger partial charge in [0.25, 0.3) is 0 Å². The smallest absolute Gasteiger partial charge is 0.142 e. The fraction of sp³-hybridized carbons (Fsp3) is 0.625. The Kier molecular flexibility index (Phi) is 8.83. The van der Waals surface area contributed by atoms with Crippen molar-refractivity contribution in [1.82, 2.24) is 5.32 Å². The van der Waals surface area contributed by atoms with E-state index in [0.717, 1.165) is 50.7 Å². The van der Waals surface area contributed by atoms with E-state index in [4.69, 9.17) is 9.47 Å². The number of ether oxygens (including phenoxy) is 2. The van der Waals surface area contributed by atoms with Crippen LogP contribution in [0.3, 0.4) is 0 Å². The molecule has 0 aliphatic rings. The van der Waals surface area contributed by atoms with Crippen molar-refractivity contribution in [3.8, 4) is 5.75 Å². The average Bonchev–Trinajstić information content (AvgIpc) is 2.49. The molecule has 4 nitrogen and oxygen atoms in total. The summed E-state index contributed by atoms with van der Waals surface area (Å²) < 4.78 is 10.9. The zero-order chi connectivity index (χ0) is 14.6. The highest BCUT2D eigenvalue weighted by Gasteiger charge is 2.06. The van der Waals surface area contributed by atoms with E-state index in [1.165, 1.54) is 6.42 Å². The highest BCUT2D eigenvalue weighted by Crippen LogP contribution is 2.25. The van der Waals surface area contributed by atoms with Gasteiger partial charge in [0.2, 0.25) is 0 Å². The van der Waals surface area contributed by atoms with E-state index in [1.54, 1.807) is 7.11 Å². The number of nitrogens with one attached hydrogen (secondary N) is 1. The number of rotatable bonds is 11. The molecule has 0 fully saturated rings. The van der Waals surface area contributed by atoms with Gasteiger partial charge in [-0.25, -0.2) is 0 Å². The second-order valence-corrected chi connectivity index (χ2v) is 4.81. The predicted molar refractivity (Wildman–Crippen MR) is 84.9 cm³/mol. The molecule has 0 unspecified atom stereocenters. The summed E-state index contributed by atoms with van der Waals surface area (Å²) in [6, 6.07) is 8.08. The Hall–Kier alpha value is -1.26. The van der Waals surface area contributed by atoms with Gasteiger partial charge in [-0.15, -0.1) is 0 Å². The van der Waals surface area contributed by atoms with Crippen LogP contribution in [0.15, 0.2) is 24.3 Å². The van der Waals surface area contributed by atoms with E-state index in [1.807, 2.05) is 18.2 Å². The highest BCUT2D eigenvalue weighted by molar-refractivity contribution is 5.57. The quantitative estimate of drug-likeness (QED) is 0.632. The van der Waals surface area contributed by atoms with Crippen LogP contribution in [0.1, 0.15) is 19.8 Å². The Bertz CT molecular complexity index is 358. The van der Waals surface area contributed by atoms with E-state index in [2.05, 4.69) is 30.3 Å². The lowest BCUT2D eigenvalue weighted by Crippen LogP contribution is -2.31. The lowest BCUT2D eigenvalue weighted by atomic mass is 10.2. The molecule has 1 N–H and O–H groups in total. The third-order valence-electron chi connectivity index (χ3n) is 3.19. The Morgan fingerprint density at radius 3 is 2.70 bits per heavy atom. The Labute approximate surface area is 123 Å². The highest BCUT2D eigenvalue weighted by atomic mass is 16.5. The van der Waals surface area contributed by atoms with Crippen molar-refractivity contribution in [3.05, 3.63) is 24.3 Å². The van der Waals surface area contributed by atoms with Crippen LogP contribution >= 0.6 is 0 Å². The first-order valence-electron chi connectivity index (χ1n) is 7.42. The number of benzene rings is 1. The predicted octanol–water partition coefficient (Wildman–Crippen LogP) is 2.54. The maximum absolute atomic E-state index is 5.51. The molecule has 0 heterocycles. The summed E-state index contributed by atoms with van der Waals surface area (Å²) in [5.74, 6) is 0.915.